The highest BCUT2D eigenvalue weighted by atomic mass is 16.3. The van der Waals surface area contributed by atoms with Crippen molar-refractivity contribution in [1.82, 2.24) is 15.6 Å². The van der Waals surface area contributed by atoms with Gasteiger partial charge < -0.3 is 20.6 Å². The summed E-state index contributed by atoms with van der Waals surface area (Å²) in [5, 5.41) is 15.1. The zero-order valence-electron chi connectivity index (χ0n) is 15.8. The van der Waals surface area contributed by atoms with Gasteiger partial charge in [-0.25, -0.2) is 9.78 Å². The zero-order chi connectivity index (χ0) is 19.1. The molecule has 1 aromatic heterocycles. The molecule has 2 amide bonds. The van der Waals surface area contributed by atoms with Crippen molar-refractivity contribution < 1.29 is 9.90 Å². The molecule has 1 aliphatic heterocycles. The minimum absolute atomic E-state index is 0.151. The lowest BCUT2D eigenvalue weighted by molar-refractivity contribution is 0.216. The van der Waals surface area contributed by atoms with E-state index in [1.807, 2.05) is 48.7 Å². The zero-order valence-corrected chi connectivity index (χ0v) is 15.8. The number of anilines is 1. The number of pyridine rings is 1. The molecule has 6 heteroatoms. The Balaban J connectivity index is 1.48. The number of carbonyl (C=O) groups is 1. The Morgan fingerprint density at radius 3 is 2.59 bits per heavy atom. The van der Waals surface area contributed by atoms with Crippen molar-refractivity contribution in [2.24, 2.45) is 5.92 Å². The van der Waals surface area contributed by atoms with Crippen molar-refractivity contribution >= 4 is 11.8 Å². The van der Waals surface area contributed by atoms with Crippen LogP contribution in [0.5, 0.6) is 0 Å². The maximum atomic E-state index is 12.1. The molecule has 0 bridgehead atoms. The number of nitrogens with zero attached hydrogens (tertiary/aromatic N) is 2. The highest BCUT2D eigenvalue weighted by Gasteiger charge is 2.17. The summed E-state index contributed by atoms with van der Waals surface area (Å²) in [6.07, 6.45) is 4.23. The van der Waals surface area contributed by atoms with Crippen molar-refractivity contribution in [3.05, 3.63) is 59.8 Å². The van der Waals surface area contributed by atoms with Crippen LogP contribution in [0.4, 0.5) is 10.6 Å². The van der Waals surface area contributed by atoms with Gasteiger partial charge in [0.1, 0.15) is 5.82 Å². The first-order chi connectivity index (χ1) is 13.2. The van der Waals surface area contributed by atoms with E-state index in [0.29, 0.717) is 6.54 Å². The second kappa shape index (κ2) is 9.37. The lowest BCUT2D eigenvalue weighted by atomic mass is 9.99. The maximum absolute atomic E-state index is 12.1. The van der Waals surface area contributed by atoms with Gasteiger partial charge in [0.15, 0.2) is 0 Å². The summed E-state index contributed by atoms with van der Waals surface area (Å²) in [7, 11) is 0. The third-order valence-corrected chi connectivity index (χ3v) is 5.06. The van der Waals surface area contributed by atoms with Gasteiger partial charge in [-0.3, -0.25) is 0 Å². The van der Waals surface area contributed by atoms with Gasteiger partial charge in [0.05, 0.1) is 12.6 Å². The van der Waals surface area contributed by atoms with Gasteiger partial charge >= 0.3 is 6.03 Å². The lowest BCUT2D eigenvalue weighted by Crippen LogP contribution is -2.38. The number of piperidine rings is 1. The molecule has 0 unspecified atom stereocenters. The third kappa shape index (κ3) is 5.44. The number of carbonyl (C=O) groups excluding carboxylic acids is 1. The normalized spacial score (nSPS) is 16.0. The Hall–Kier alpha value is -2.60. The highest BCUT2D eigenvalue weighted by molar-refractivity contribution is 5.74. The van der Waals surface area contributed by atoms with Gasteiger partial charge in [0.25, 0.3) is 0 Å². The van der Waals surface area contributed by atoms with Crippen molar-refractivity contribution in [3.63, 3.8) is 0 Å². The summed E-state index contributed by atoms with van der Waals surface area (Å²) in [4.78, 5) is 19.0. The molecule has 6 nitrogen and oxygen atoms in total. The molecule has 1 aliphatic rings. The standard InChI is InChI=1S/C21H28N4O2/c1-16-9-11-25(12-10-16)20-8-7-17(13-22-20)14-23-21(27)24-19(15-26)18-5-3-2-4-6-18/h2-8,13,16,19,26H,9-12,14-15H2,1H3,(H2,23,24,27)/t19-/m1/s1. The number of urea groups is 1. The summed E-state index contributed by atoms with van der Waals surface area (Å²) >= 11 is 0. The van der Waals surface area contributed by atoms with Crippen LogP contribution in [0.25, 0.3) is 0 Å². The molecule has 0 saturated carbocycles. The van der Waals surface area contributed by atoms with Gasteiger partial charge in [0, 0.05) is 25.8 Å². The van der Waals surface area contributed by atoms with Crippen LogP contribution in [0.15, 0.2) is 48.7 Å². The van der Waals surface area contributed by atoms with E-state index < -0.39 is 6.04 Å². The summed E-state index contributed by atoms with van der Waals surface area (Å²) in [6.45, 7) is 4.64. The van der Waals surface area contributed by atoms with Crippen LogP contribution in [0, 0.1) is 5.92 Å². The molecule has 2 aromatic rings. The molecular weight excluding hydrogens is 340 g/mol. The largest absolute Gasteiger partial charge is 0.394 e. The van der Waals surface area contributed by atoms with Gasteiger partial charge in [-0.1, -0.05) is 43.3 Å². The van der Waals surface area contributed by atoms with Crippen molar-refractivity contribution in [3.8, 4) is 0 Å². The number of benzene rings is 1. The van der Waals surface area contributed by atoms with E-state index in [1.165, 1.54) is 12.8 Å². The van der Waals surface area contributed by atoms with Crippen LogP contribution < -0.4 is 15.5 Å². The van der Waals surface area contributed by atoms with E-state index in [9.17, 15) is 9.90 Å². The smallest absolute Gasteiger partial charge is 0.315 e. The molecule has 0 aliphatic carbocycles. The topological polar surface area (TPSA) is 77.5 Å². The highest BCUT2D eigenvalue weighted by Crippen LogP contribution is 2.21. The van der Waals surface area contributed by atoms with E-state index in [1.54, 1.807) is 0 Å². The molecule has 2 heterocycles. The van der Waals surface area contributed by atoms with Crippen LogP contribution in [-0.4, -0.2) is 35.8 Å². The first-order valence-electron chi connectivity index (χ1n) is 9.55. The van der Waals surface area contributed by atoms with E-state index in [0.717, 1.165) is 36.0 Å². The Morgan fingerprint density at radius 2 is 1.96 bits per heavy atom. The van der Waals surface area contributed by atoms with Crippen LogP contribution in [0.2, 0.25) is 0 Å². The molecule has 0 spiro atoms. The van der Waals surface area contributed by atoms with Gasteiger partial charge in [-0.05, 0) is 36.0 Å². The third-order valence-electron chi connectivity index (χ3n) is 5.06. The SMILES string of the molecule is CC1CCN(c2ccc(CNC(=O)N[C@H](CO)c3ccccc3)cn2)CC1. The number of aliphatic hydroxyl groups excluding tert-OH is 1. The van der Waals surface area contributed by atoms with E-state index in [2.05, 4.69) is 27.4 Å². The number of hydrogen-bond donors (Lipinski definition) is 3. The molecule has 144 valence electrons. The number of aromatic nitrogens is 1. The molecule has 3 N–H and O–H groups in total. The number of hydrogen-bond acceptors (Lipinski definition) is 4. The quantitative estimate of drug-likeness (QED) is 0.733. The first-order valence-corrected chi connectivity index (χ1v) is 9.55. The molecule has 27 heavy (non-hydrogen) atoms. The second-order valence-electron chi connectivity index (χ2n) is 7.17. The fraction of sp³-hybridized carbons (Fsp3) is 0.429. The van der Waals surface area contributed by atoms with Crippen LogP contribution >= 0.6 is 0 Å². The molecule has 1 fully saturated rings. The molecule has 1 aromatic carbocycles. The van der Waals surface area contributed by atoms with Crippen molar-refractivity contribution in [2.75, 3.05) is 24.6 Å². The molecule has 3 rings (SSSR count). The summed E-state index contributed by atoms with van der Waals surface area (Å²) in [5.74, 6) is 1.79. The number of amides is 2. The summed E-state index contributed by atoms with van der Waals surface area (Å²) < 4.78 is 0. The Labute approximate surface area is 160 Å². The maximum Gasteiger partial charge on any atom is 0.315 e. The number of nitrogens with one attached hydrogen (secondary N) is 2. The van der Waals surface area contributed by atoms with E-state index in [4.69, 9.17) is 0 Å². The van der Waals surface area contributed by atoms with Gasteiger partial charge in [0.2, 0.25) is 0 Å². The van der Waals surface area contributed by atoms with Crippen LogP contribution in [0.1, 0.15) is 36.9 Å². The van der Waals surface area contributed by atoms with E-state index in [-0.39, 0.29) is 12.6 Å². The lowest BCUT2D eigenvalue weighted by Gasteiger charge is -2.31. The fourth-order valence-electron chi connectivity index (χ4n) is 3.26. The van der Waals surface area contributed by atoms with Gasteiger partial charge in [-0.15, -0.1) is 0 Å². The number of aliphatic hydroxyl groups is 1. The van der Waals surface area contributed by atoms with Gasteiger partial charge in [-0.2, -0.15) is 0 Å². The first kappa shape index (κ1) is 19.2. The number of rotatable bonds is 6. The molecule has 1 saturated heterocycles. The monoisotopic (exact) mass is 368 g/mol. The Kier molecular flexibility index (Phi) is 6.65. The predicted molar refractivity (Wildman–Crippen MR) is 106 cm³/mol. The van der Waals surface area contributed by atoms with Crippen LogP contribution in [-0.2, 0) is 6.54 Å². The average Bonchev–Trinajstić information content (AvgIpc) is 2.72. The minimum atomic E-state index is -0.423. The van der Waals surface area contributed by atoms with E-state index >= 15 is 0 Å². The molecule has 0 radical (unpaired) electrons. The minimum Gasteiger partial charge on any atom is -0.394 e. The Morgan fingerprint density at radius 1 is 1.22 bits per heavy atom. The van der Waals surface area contributed by atoms with Crippen molar-refractivity contribution in [2.45, 2.75) is 32.4 Å². The average molecular weight is 368 g/mol. The molecule has 1 atom stereocenters. The van der Waals surface area contributed by atoms with Crippen molar-refractivity contribution in [1.29, 1.82) is 0 Å². The summed E-state index contributed by atoms with van der Waals surface area (Å²) in [5.41, 5.74) is 1.82. The van der Waals surface area contributed by atoms with Crippen LogP contribution in [0.3, 0.4) is 0 Å². The second-order valence-corrected chi connectivity index (χ2v) is 7.17. The fourth-order valence-corrected chi connectivity index (χ4v) is 3.26. The summed E-state index contributed by atoms with van der Waals surface area (Å²) in [6, 6.07) is 12.7. The Bertz CT molecular complexity index is 713. The molecular formula is C21H28N4O2. The predicted octanol–water partition coefficient (Wildman–Crippen LogP) is 2.85.